The Hall–Kier alpha value is -2.13. The van der Waals surface area contributed by atoms with Gasteiger partial charge in [-0.25, -0.2) is 9.59 Å². The van der Waals surface area contributed by atoms with Crippen molar-refractivity contribution in [2.24, 2.45) is 4.99 Å². The van der Waals surface area contributed by atoms with Gasteiger partial charge in [-0.3, -0.25) is 0 Å². The van der Waals surface area contributed by atoms with Crippen molar-refractivity contribution in [3.8, 4) is 0 Å². The number of carboxylic acids is 1. The molecule has 0 aliphatic rings. The Morgan fingerprint density at radius 2 is 2.13 bits per heavy atom. The van der Waals surface area contributed by atoms with E-state index in [1.165, 1.54) is 12.1 Å². The number of rotatable bonds is 3. The van der Waals surface area contributed by atoms with E-state index < -0.39 is 5.97 Å². The van der Waals surface area contributed by atoms with E-state index in [1.54, 1.807) is 31.1 Å². The Morgan fingerprint density at radius 1 is 1.47 bits per heavy atom. The van der Waals surface area contributed by atoms with Gasteiger partial charge in [0.1, 0.15) is 0 Å². The van der Waals surface area contributed by atoms with E-state index >= 15 is 0 Å². The minimum atomic E-state index is -1.05. The molecule has 0 fully saturated rings. The maximum Gasteiger partial charge on any atom is 0.337 e. The first-order valence-corrected chi connectivity index (χ1v) is 4.19. The third kappa shape index (κ3) is 2.42. The number of aromatic carboxylic acids is 1. The number of nitrogens with zero attached hydrogens (tertiary/aromatic N) is 2. The molecule has 0 aliphatic heterocycles. The Labute approximate surface area is 86.7 Å². The first-order chi connectivity index (χ1) is 7.06. The number of carbonyl (C=O) groups is 1. The number of hydrogen-bond acceptors (Lipinski definition) is 4. The van der Waals surface area contributed by atoms with E-state index in [0.29, 0.717) is 5.69 Å². The van der Waals surface area contributed by atoms with Crippen LogP contribution in [0.15, 0.2) is 23.2 Å². The molecule has 5 nitrogen and oxygen atoms in total. The summed E-state index contributed by atoms with van der Waals surface area (Å²) in [5, 5.41) is 8.94. The van der Waals surface area contributed by atoms with E-state index in [4.69, 9.17) is 5.11 Å². The molecule has 1 aromatic rings. The van der Waals surface area contributed by atoms with Crippen LogP contribution in [-0.4, -0.2) is 31.3 Å². The number of aliphatic imine (C=N–C) groups is 1. The molecule has 5 heteroatoms. The van der Waals surface area contributed by atoms with Crippen molar-refractivity contribution in [2.75, 3.05) is 19.0 Å². The van der Waals surface area contributed by atoms with Gasteiger partial charge in [0.15, 0.2) is 0 Å². The Morgan fingerprint density at radius 3 is 2.60 bits per heavy atom. The lowest BCUT2D eigenvalue weighted by Crippen LogP contribution is -2.13. The summed E-state index contributed by atoms with van der Waals surface area (Å²) in [6, 6.07) is 4.49. The molecule has 78 valence electrons. The normalized spacial score (nSPS) is 9.20. The van der Waals surface area contributed by atoms with Crippen molar-refractivity contribution < 1.29 is 14.7 Å². The molecule has 15 heavy (non-hydrogen) atoms. The van der Waals surface area contributed by atoms with Crippen molar-refractivity contribution in [3.05, 3.63) is 23.8 Å². The molecule has 1 aromatic carbocycles. The average molecular weight is 206 g/mol. The monoisotopic (exact) mass is 206 g/mol. The van der Waals surface area contributed by atoms with Crippen molar-refractivity contribution in [3.63, 3.8) is 0 Å². The second kappa shape index (κ2) is 4.39. The van der Waals surface area contributed by atoms with E-state index in [2.05, 4.69) is 4.99 Å². The molecule has 0 radical (unpaired) electrons. The van der Waals surface area contributed by atoms with Crippen molar-refractivity contribution in [1.82, 2.24) is 0 Å². The summed E-state index contributed by atoms with van der Waals surface area (Å²) >= 11 is 0. The van der Waals surface area contributed by atoms with Crippen LogP contribution >= 0.6 is 0 Å². The van der Waals surface area contributed by atoms with Gasteiger partial charge in [-0.1, -0.05) is 0 Å². The van der Waals surface area contributed by atoms with Gasteiger partial charge in [-0.05, 0) is 18.2 Å². The third-order valence-corrected chi connectivity index (χ3v) is 1.87. The molecule has 1 N–H and O–H groups in total. The first kappa shape index (κ1) is 10.9. The molecule has 0 saturated heterocycles. The molecular formula is C10H10N2O3. The van der Waals surface area contributed by atoms with Crippen LogP contribution in [0.3, 0.4) is 0 Å². The summed E-state index contributed by atoms with van der Waals surface area (Å²) in [5.74, 6) is -1.05. The lowest BCUT2D eigenvalue weighted by molar-refractivity contribution is 0.0697. The Balaban J connectivity index is 3.32. The van der Waals surface area contributed by atoms with Crippen LogP contribution < -0.4 is 4.90 Å². The largest absolute Gasteiger partial charge is 0.478 e. The van der Waals surface area contributed by atoms with Gasteiger partial charge in [0, 0.05) is 14.1 Å². The summed E-state index contributed by atoms with van der Waals surface area (Å²) in [5.41, 5.74) is 0.955. The zero-order valence-corrected chi connectivity index (χ0v) is 8.39. The Bertz CT molecular complexity index is 434. The highest BCUT2D eigenvalue weighted by atomic mass is 16.4. The fourth-order valence-electron chi connectivity index (χ4n) is 1.21. The van der Waals surface area contributed by atoms with Crippen LogP contribution in [0.25, 0.3) is 0 Å². The van der Waals surface area contributed by atoms with Gasteiger partial charge in [0.2, 0.25) is 6.08 Å². The van der Waals surface area contributed by atoms with Gasteiger partial charge in [0.25, 0.3) is 0 Å². The molecule has 0 aliphatic carbocycles. The standard InChI is InChI=1S/C10H10N2O3/c1-12(2)9-4-3-7(11-6-13)5-8(9)10(14)15/h3-5H,1-2H3,(H,14,15). The van der Waals surface area contributed by atoms with Gasteiger partial charge >= 0.3 is 5.97 Å². The maximum absolute atomic E-state index is 10.9. The van der Waals surface area contributed by atoms with E-state index in [0.717, 1.165) is 0 Å². The quantitative estimate of drug-likeness (QED) is 0.599. The topological polar surface area (TPSA) is 70.0 Å². The van der Waals surface area contributed by atoms with Crippen molar-refractivity contribution in [2.45, 2.75) is 0 Å². The lowest BCUT2D eigenvalue weighted by Gasteiger charge is -2.15. The number of carboxylic acid groups (broad SMARTS) is 1. The smallest absolute Gasteiger partial charge is 0.337 e. The number of hydrogen-bond donors (Lipinski definition) is 1. The molecule has 0 bridgehead atoms. The average Bonchev–Trinajstić information content (AvgIpc) is 2.17. The van der Waals surface area contributed by atoms with Gasteiger partial charge in [-0.2, -0.15) is 4.99 Å². The lowest BCUT2D eigenvalue weighted by atomic mass is 10.1. The number of isocyanates is 1. The minimum absolute atomic E-state index is 0.108. The van der Waals surface area contributed by atoms with Gasteiger partial charge in [0.05, 0.1) is 16.9 Å². The molecule has 0 aromatic heterocycles. The molecule has 1 rings (SSSR count). The molecule has 0 atom stereocenters. The molecule has 0 spiro atoms. The summed E-state index contributed by atoms with van der Waals surface area (Å²) in [6.07, 6.45) is 1.37. The van der Waals surface area contributed by atoms with Crippen LogP contribution in [0.2, 0.25) is 0 Å². The summed E-state index contributed by atoms with van der Waals surface area (Å²) in [4.78, 5) is 26.0. The highest BCUT2D eigenvalue weighted by Crippen LogP contribution is 2.24. The number of anilines is 1. The first-order valence-electron chi connectivity index (χ1n) is 4.19. The second-order valence-electron chi connectivity index (χ2n) is 3.10. The van der Waals surface area contributed by atoms with Crippen LogP contribution in [0.1, 0.15) is 10.4 Å². The molecular weight excluding hydrogens is 196 g/mol. The molecule has 0 heterocycles. The van der Waals surface area contributed by atoms with Crippen LogP contribution in [0, 0.1) is 0 Å². The van der Waals surface area contributed by atoms with E-state index in [-0.39, 0.29) is 11.3 Å². The van der Waals surface area contributed by atoms with Gasteiger partial charge in [-0.15, -0.1) is 0 Å². The fourth-order valence-corrected chi connectivity index (χ4v) is 1.21. The van der Waals surface area contributed by atoms with E-state index in [1.807, 2.05) is 0 Å². The minimum Gasteiger partial charge on any atom is -0.478 e. The summed E-state index contributed by atoms with van der Waals surface area (Å²) in [7, 11) is 3.48. The molecule has 0 amide bonds. The van der Waals surface area contributed by atoms with Crippen molar-refractivity contribution in [1.29, 1.82) is 0 Å². The number of benzene rings is 1. The summed E-state index contributed by atoms with van der Waals surface area (Å²) < 4.78 is 0. The predicted molar refractivity (Wildman–Crippen MR) is 55.5 cm³/mol. The van der Waals surface area contributed by atoms with Crippen LogP contribution in [-0.2, 0) is 4.79 Å². The number of carbonyl (C=O) groups excluding carboxylic acids is 1. The molecule has 0 saturated carbocycles. The predicted octanol–water partition coefficient (Wildman–Crippen LogP) is 1.42. The highest BCUT2D eigenvalue weighted by Gasteiger charge is 2.12. The molecule has 0 unspecified atom stereocenters. The van der Waals surface area contributed by atoms with Crippen molar-refractivity contribution >= 4 is 23.4 Å². The highest BCUT2D eigenvalue weighted by molar-refractivity contribution is 5.95. The van der Waals surface area contributed by atoms with E-state index in [9.17, 15) is 9.59 Å². The fraction of sp³-hybridized carbons (Fsp3) is 0.200. The van der Waals surface area contributed by atoms with Gasteiger partial charge < -0.3 is 10.0 Å². The SMILES string of the molecule is CN(C)c1ccc(N=C=O)cc1C(=O)O. The second-order valence-corrected chi connectivity index (χ2v) is 3.10. The Kier molecular flexibility index (Phi) is 3.21. The maximum atomic E-state index is 10.9. The van der Waals surface area contributed by atoms with Crippen LogP contribution in [0.5, 0.6) is 0 Å². The zero-order chi connectivity index (χ0) is 11.4. The third-order valence-electron chi connectivity index (χ3n) is 1.87. The zero-order valence-electron chi connectivity index (χ0n) is 8.39. The van der Waals surface area contributed by atoms with Crippen LogP contribution in [0.4, 0.5) is 11.4 Å². The summed E-state index contributed by atoms with van der Waals surface area (Å²) in [6.45, 7) is 0.